The van der Waals surface area contributed by atoms with Crippen LogP contribution in [0.4, 0.5) is 5.69 Å². The van der Waals surface area contributed by atoms with Crippen molar-refractivity contribution in [3.8, 4) is 0 Å². The summed E-state index contributed by atoms with van der Waals surface area (Å²) in [6, 6.07) is 14.5. The first-order valence-electron chi connectivity index (χ1n) is 9.58. The lowest BCUT2D eigenvalue weighted by Gasteiger charge is -2.36. The quantitative estimate of drug-likeness (QED) is 0.854. The van der Waals surface area contributed by atoms with Gasteiger partial charge >= 0.3 is 0 Å². The minimum absolute atomic E-state index is 0.239. The number of quaternary nitrogens is 1. The van der Waals surface area contributed by atoms with Crippen LogP contribution in [0.25, 0.3) is 0 Å². The fourth-order valence-corrected chi connectivity index (χ4v) is 3.87. The normalized spacial score (nSPS) is 15.7. The molecule has 1 atom stereocenters. The zero-order valence-electron chi connectivity index (χ0n) is 16.5. The van der Waals surface area contributed by atoms with Gasteiger partial charge < -0.3 is 14.7 Å². The number of amides is 1. The molecule has 1 fully saturated rings. The van der Waals surface area contributed by atoms with Crippen LogP contribution in [0.5, 0.6) is 0 Å². The van der Waals surface area contributed by atoms with Gasteiger partial charge in [-0.3, -0.25) is 4.79 Å². The van der Waals surface area contributed by atoms with Crippen molar-refractivity contribution in [2.24, 2.45) is 0 Å². The molecule has 1 N–H and O–H groups in total. The topological polar surface area (TPSA) is 28.0 Å². The van der Waals surface area contributed by atoms with E-state index in [0.717, 1.165) is 43.4 Å². The highest BCUT2D eigenvalue weighted by atomic mass is 35.5. The number of nitrogens with one attached hydrogen (secondary N) is 1. The van der Waals surface area contributed by atoms with E-state index in [1.54, 1.807) is 0 Å². The van der Waals surface area contributed by atoms with Crippen LogP contribution in [0.15, 0.2) is 42.5 Å². The lowest BCUT2D eigenvalue weighted by molar-refractivity contribution is -0.885. The van der Waals surface area contributed by atoms with Gasteiger partial charge in [-0.2, -0.15) is 0 Å². The molecule has 0 aliphatic carbocycles. The largest absolute Gasteiger partial charge is 0.368 e. The standard InChI is InChI=1S/C22H28ClN3O/c1-17-7-8-19(18(2)13-17)15-24(3)16-22(27)26-11-9-25(10-12-26)21-6-4-5-20(23)14-21/h4-8,13-14H,9-12,15-16H2,1-3H3/p+1. The van der Waals surface area contributed by atoms with Crippen molar-refractivity contribution in [2.75, 3.05) is 44.7 Å². The van der Waals surface area contributed by atoms with Gasteiger partial charge in [-0.15, -0.1) is 0 Å². The third-order valence-corrected chi connectivity index (χ3v) is 5.48. The maximum absolute atomic E-state index is 12.7. The molecule has 0 aromatic heterocycles. The van der Waals surface area contributed by atoms with Crippen molar-refractivity contribution in [1.29, 1.82) is 0 Å². The number of aryl methyl sites for hydroxylation is 2. The summed E-state index contributed by atoms with van der Waals surface area (Å²) in [7, 11) is 2.10. The average Bonchev–Trinajstić information content (AvgIpc) is 2.64. The molecule has 0 saturated carbocycles. The van der Waals surface area contributed by atoms with E-state index >= 15 is 0 Å². The van der Waals surface area contributed by atoms with E-state index in [-0.39, 0.29) is 5.91 Å². The summed E-state index contributed by atoms with van der Waals surface area (Å²) in [5.41, 5.74) is 5.03. The van der Waals surface area contributed by atoms with Gasteiger partial charge in [0, 0.05) is 42.5 Å². The Morgan fingerprint density at radius 1 is 1.07 bits per heavy atom. The molecular weight excluding hydrogens is 358 g/mol. The van der Waals surface area contributed by atoms with Gasteiger partial charge in [-0.05, 0) is 37.6 Å². The van der Waals surface area contributed by atoms with Crippen molar-refractivity contribution in [3.05, 3.63) is 64.2 Å². The molecule has 2 aromatic carbocycles. The van der Waals surface area contributed by atoms with Crippen LogP contribution in [-0.2, 0) is 11.3 Å². The van der Waals surface area contributed by atoms with Gasteiger partial charge in [-0.25, -0.2) is 0 Å². The second kappa shape index (κ2) is 8.77. The predicted molar refractivity (Wildman–Crippen MR) is 112 cm³/mol. The molecule has 1 amide bonds. The Bertz CT molecular complexity index is 800. The zero-order chi connectivity index (χ0) is 19.4. The summed E-state index contributed by atoms with van der Waals surface area (Å²) in [6.45, 7) is 8.89. The minimum Gasteiger partial charge on any atom is -0.368 e. The number of benzene rings is 2. The van der Waals surface area contributed by atoms with Gasteiger partial charge in [0.2, 0.25) is 0 Å². The molecular formula is C22H29ClN3O+. The van der Waals surface area contributed by atoms with E-state index in [2.05, 4.69) is 50.1 Å². The minimum atomic E-state index is 0.239. The van der Waals surface area contributed by atoms with Crippen LogP contribution >= 0.6 is 11.6 Å². The number of hydrogen-bond donors (Lipinski definition) is 1. The Balaban J connectivity index is 1.50. The SMILES string of the molecule is Cc1ccc(C[NH+](C)CC(=O)N2CCN(c3cccc(Cl)c3)CC2)c(C)c1. The summed E-state index contributed by atoms with van der Waals surface area (Å²) in [6.07, 6.45) is 0. The molecule has 0 radical (unpaired) electrons. The Morgan fingerprint density at radius 2 is 1.81 bits per heavy atom. The summed E-state index contributed by atoms with van der Waals surface area (Å²) in [5.74, 6) is 0.239. The molecule has 4 nitrogen and oxygen atoms in total. The van der Waals surface area contributed by atoms with Gasteiger partial charge in [0.15, 0.2) is 6.54 Å². The van der Waals surface area contributed by atoms with E-state index in [9.17, 15) is 4.79 Å². The van der Waals surface area contributed by atoms with Gasteiger partial charge in [0.25, 0.3) is 5.91 Å². The van der Waals surface area contributed by atoms with Crippen molar-refractivity contribution in [1.82, 2.24) is 4.90 Å². The van der Waals surface area contributed by atoms with Crippen molar-refractivity contribution < 1.29 is 9.69 Å². The molecule has 144 valence electrons. The van der Waals surface area contributed by atoms with E-state index in [4.69, 9.17) is 11.6 Å². The first-order chi connectivity index (χ1) is 12.9. The number of carbonyl (C=O) groups is 1. The van der Waals surface area contributed by atoms with Gasteiger partial charge in [0.1, 0.15) is 6.54 Å². The lowest BCUT2D eigenvalue weighted by Crippen LogP contribution is -3.09. The smallest absolute Gasteiger partial charge is 0.277 e. The van der Waals surface area contributed by atoms with Crippen LogP contribution in [0.1, 0.15) is 16.7 Å². The number of likely N-dealkylation sites (N-methyl/N-ethyl adjacent to an activating group) is 1. The first kappa shape index (κ1) is 19.7. The average molecular weight is 387 g/mol. The van der Waals surface area contributed by atoms with Gasteiger partial charge in [-0.1, -0.05) is 41.4 Å². The molecule has 2 aromatic rings. The Hall–Kier alpha value is -2.04. The number of anilines is 1. The van der Waals surface area contributed by atoms with Crippen LogP contribution in [0, 0.1) is 13.8 Å². The van der Waals surface area contributed by atoms with E-state index in [1.165, 1.54) is 21.6 Å². The highest BCUT2D eigenvalue weighted by Crippen LogP contribution is 2.20. The summed E-state index contributed by atoms with van der Waals surface area (Å²) in [5, 5.41) is 0.752. The molecule has 5 heteroatoms. The Labute approximate surface area is 167 Å². The molecule has 0 spiro atoms. The molecule has 0 bridgehead atoms. The molecule has 1 aliphatic rings. The van der Waals surface area contributed by atoms with E-state index < -0.39 is 0 Å². The highest BCUT2D eigenvalue weighted by molar-refractivity contribution is 6.30. The zero-order valence-corrected chi connectivity index (χ0v) is 17.2. The number of nitrogens with zero attached hydrogens (tertiary/aromatic N) is 2. The number of hydrogen-bond acceptors (Lipinski definition) is 2. The molecule has 1 aliphatic heterocycles. The van der Waals surface area contributed by atoms with Crippen molar-refractivity contribution in [2.45, 2.75) is 20.4 Å². The first-order valence-corrected chi connectivity index (χ1v) is 9.96. The van der Waals surface area contributed by atoms with Crippen LogP contribution in [-0.4, -0.2) is 50.6 Å². The molecule has 3 rings (SSSR count). The fourth-order valence-electron chi connectivity index (χ4n) is 3.69. The second-order valence-electron chi connectivity index (χ2n) is 7.59. The summed E-state index contributed by atoms with van der Waals surface area (Å²) < 4.78 is 0. The monoisotopic (exact) mass is 386 g/mol. The molecule has 27 heavy (non-hydrogen) atoms. The van der Waals surface area contributed by atoms with E-state index in [0.29, 0.717) is 6.54 Å². The van der Waals surface area contributed by atoms with Crippen molar-refractivity contribution >= 4 is 23.2 Å². The van der Waals surface area contributed by atoms with Crippen molar-refractivity contribution in [3.63, 3.8) is 0 Å². The van der Waals surface area contributed by atoms with Gasteiger partial charge in [0.05, 0.1) is 7.05 Å². The second-order valence-corrected chi connectivity index (χ2v) is 8.02. The maximum Gasteiger partial charge on any atom is 0.277 e. The Kier molecular flexibility index (Phi) is 6.40. The number of halogens is 1. The van der Waals surface area contributed by atoms with Crippen LogP contribution < -0.4 is 9.80 Å². The fraction of sp³-hybridized carbons (Fsp3) is 0.409. The van der Waals surface area contributed by atoms with Crippen LogP contribution in [0.2, 0.25) is 5.02 Å². The third-order valence-electron chi connectivity index (χ3n) is 5.25. The summed E-state index contributed by atoms with van der Waals surface area (Å²) in [4.78, 5) is 18.2. The highest BCUT2D eigenvalue weighted by Gasteiger charge is 2.23. The summed E-state index contributed by atoms with van der Waals surface area (Å²) >= 11 is 6.09. The maximum atomic E-state index is 12.7. The predicted octanol–water partition coefficient (Wildman–Crippen LogP) is 2.32. The number of carbonyl (C=O) groups excluding carboxylic acids is 1. The van der Waals surface area contributed by atoms with E-state index in [1.807, 2.05) is 23.1 Å². The molecule has 1 saturated heterocycles. The Morgan fingerprint density at radius 3 is 2.48 bits per heavy atom. The number of piperazine rings is 1. The van der Waals surface area contributed by atoms with Crippen LogP contribution in [0.3, 0.4) is 0 Å². The molecule has 1 heterocycles. The number of rotatable bonds is 5. The third kappa shape index (κ3) is 5.24. The lowest BCUT2D eigenvalue weighted by atomic mass is 10.1. The molecule has 1 unspecified atom stereocenters.